The molecule has 0 aliphatic rings. The molecule has 30 heavy (non-hydrogen) atoms. The van der Waals surface area contributed by atoms with Gasteiger partial charge >= 0.3 is 5.97 Å². The van der Waals surface area contributed by atoms with E-state index >= 15 is 0 Å². The Morgan fingerprint density at radius 3 is 2.13 bits per heavy atom. The van der Waals surface area contributed by atoms with Gasteiger partial charge in [0.2, 0.25) is 0 Å². The normalized spacial score (nSPS) is 10.6. The van der Waals surface area contributed by atoms with Crippen molar-refractivity contribution >= 4 is 34.0 Å². The Morgan fingerprint density at radius 1 is 0.900 bits per heavy atom. The van der Waals surface area contributed by atoms with Gasteiger partial charge in [0.1, 0.15) is 11.5 Å². The van der Waals surface area contributed by atoms with E-state index in [4.69, 9.17) is 9.47 Å². The molecule has 0 aliphatic carbocycles. The molecule has 0 radical (unpaired) electrons. The van der Waals surface area contributed by atoms with E-state index in [1.54, 1.807) is 72.8 Å². The Labute approximate surface area is 182 Å². The van der Waals surface area contributed by atoms with E-state index in [2.05, 4.69) is 26.5 Å². The van der Waals surface area contributed by atoms with Crippen LogP contribution in [0.1, 0.15) is 33.2 Å². The van der Waals surface area contributed by atoms with Gasteiger partial charge in [0.15, 0.2) is 0 Å². The molecule has 0 bridgehead atoms. The first-order valence-electron chi connectivity index (χ1n) is 9.19. The lowest BCUT2D eigenvalue weighted by Crippen LogP contribution is -2.17. The summed E-state index contributed by atoms with van der Waals surface area (Å²) >= 11 is 3.32. The average molecular weight is 467 g/mol. The number of amides is 1. The third-order valence-electron chi connectivity index (χ3n) is 3.98. The van der Waals surface area contributed by atoms with Gasteiger partial charge in [0.05, 0.1) is 18.4 Å². The van der Waals surface area contributed by atoms with Crippen molar-refractivity contribution in [3.05, 3.63) is 94.0 Å². The van der Waals surface area contributed by atoms with Gasteiger partial charge in [-0.3, -0.25) is 4.79 Å². The second-order valence-electron chi connectivity index (χ2n) is 6.12. The maximum atomic E-state index is 12.2. The van der Waals surface area contributed by atoms with Crippen LogP contribution in [0.2, 0.25) is 0 Å². The second-order valence-corrected chi connectivity index (χ2v) is 7.04. The largest absolute Gasteiger partial charge is 0.494 e. The van der Waals surface area contributed by atoms with Gasteiger partial charge in [-0.1, -0.05) is 15.9 Å². The minimum absolute atomic E-state index is 0.306. The van der Waals surface area contributed by atoms with Crippen LogP contribution in [0.4, 0.5) is 0 Å². The number of carbonyl (C=O) groups is 2. The summed E-state index contributed by atoms with van der Waals surface area (Å²) in [7, 11) is 0. The van der Waals surface area contributed by atoms with E-state index < -0.39 is 5.97 Å². The molecule has 1 N–H and O–H groups in total. The van der Waals surface area contributed by atoms with E-state index in [-0.39, 0.29) is 5.91 Å². The zero-order chi connectivity index (χ0) is 21.3. The molecule has 7 heteroatoms. The van der Waals surface area contributed by atoms with E-state index in [0.717, 1.165) is 10.0 Å². The molecule has 0 saturated carbocycles. The highest BCUT2D eigenvalue weighted by atomic mass is 79.9. The average Bonchev–Trinajstić information content (AvgIpc) is 2.76. The number of rotatable bonds is 7. The molecule has 152 valence electrons. The summed E-state index contributed by atoms with van der Waals surface area (Å²) in [6, 6.07) is 20.5. The second kappa shape index (κ2) is 10.4. The number of benzene rings is 3. The van der Waals surface area contributed by atoms with Crippen LogP contribution in [0.25, 0.3) is 0 Å². The molecule has 0 aliphatic heterocycles. The SMILES string of the molecule is CCOc1ccc(C(=O)Oc2ccc(/C=N\NC(=O)c3ccc(Br)cc3)cc2)cc1. The van der Waals surface area contributed by atoms with Crippen LogP contribution in [0.3, 0.4) is 0 Å². The van der Waals surface area contributed by atoms with Crippen LogP contribution < -0.4 is 14.9 Å². The van der Waals surface area contributed by atoms with Gasteiger partial charge in [-0.15, -0.1) is 0 Å². The van der Waals surface area contributed by atoms with Crippen molar-refractivity contribution < 1.29 is 19.1 Å². The Hall–Kier alpha value is -3.45. The quantitative estimate of drug-likeness (QED) is 0.234. The molecule has 0 atom stereocenters. The van der Waals surface area contributed by atoms with Crippen LogP contribution in [0.5, 0.6) is 11.5 Å². The Kier molecular flexibility index (Phi) is 7.34. The van der Waals surface area contributed by atoms with Crippen molar-refractivity contribution in [2.75, 3.05) is 6.61 Å². The molecule has 3 aromatic carbocycles. The summed E-state index contributed by atoms with van der Waals surface area (Å²) in [5.74, 6) is 0.343. The fourth-order valence-electron chi connectivity index (χ4n) is 2.47. The minimum Gasteiger partial charge on any atom is -0.494 e. The van der Waals surface area contributed by atoms with Crippen LogP contribution in [-0.4, -0.2) is 24.7 Å². The van der Waals surface area contributed by atoms with Gasteiger partial charge in [-0.2, -0.15) is 5.10 Å². The first kappa shape index (κ1) is 21.3. The summed E-state index contributed by atoms with van der Waals surface area (Å²) in [4.78, 5) is 24.2. The molecular weight excluding hydrogens is 448 g/mol. The zero-order valence-electron chi connectivity index (χ0n) is 16.2. The van der Waals surface area contributed by atoms with E-state index in [1.807, 2.05) is 6.92 Å². The summed E-state index contributed by atoms with van der Waals surface area (Å²) in [5.41, 5.74) is 4.15. The maximum absolute atomic E-state index is 12.2. The molecule has 0 saturated heterocycles. The van der Waals surface area contributed by atoms with Crippen LogP contribution in [0, 0.1) is 0 Å². The molecule has 0 heterocycles. The standard InChI is InChI=1S/C23H19BrN2O4/c1-2-29-20-13-7-18(8-14-20)23(28)30-21-11-3-16(4-12-21)15-25-26-22(27)17-5-9-19(24)10-6-17/h3-15H,2H2,1H3,(H,26,27)/b25-15-. The number of esters is 1. The molecule has 0 spiro atoms. The number of halogens is 1. The van der Waals surface area contributed by atoms with Crippen LogP contribution in [-0.2, 0) is 0 Å². The fraction of sp³-hybridized carbons (Fsp3) is 0.0870. The lowest BCUT2D eigenvalue weighted by molar-refractivity contribution is 0.0734. The Morgan fingerprint density at radius 2 is 1.50 bits per heavy atom. The number of nitrogens with one attached hydrogen (secondary N) is 1. The van der Waals surface area contributed by atoms with Gasteiger partial charge in [-0.25, -0.2) is 10.2 Å². The number of hydrazone groups is 1. The number of ether oxygens (including phenoxy) is 2. The lowest BCUT2D eigenvalue weighted by atomic mass is 10.2. The topological polar surface area (TPSA) is 77.0 Å². The van der Waals surface area contributed by atoms with Crippen molar-refractivity contribution in [2.24, 2.45) is 5.10 Å². The molecule has 1 amide bonds. The Bertz CT molecular complexity index is 1030. The van der Waals surface area contributed by atoms with Crippen molar-refractivity contribution in [1.29, 1.82) is 0 Å². The minimum atomic E-state index is -0.457. The van der Waals surface area contributed by atoms with Crippen LogP contribution in [0.15, 0.2) is 82.4 Å². The third-order valence-corrected chi connectivity index (χ3v) is 4.51. The highest BCUT2D eigenvalue weighted by Gasteiger charge is 2.09. The smallest absolute Gasteiger partial charge is 0.343 e. The number of nitrogens with zero attached hydrogens (tertiary/aromatic N) is 1. The van der Waals surface area contributed by atoms with E-state index in [9.17, 15) is 9.59 Å². The predicted molar refractivity (Wildman–Crippen MR) is 118 cm³/mol. The molecular formula is C23H19BrN2O4. The maximum Gasteiger partial charge on any atom is 0.343 e. The highest BCUT2D eigenvalue weighted by molar-refractivity contribution is 9.10. The highest BCUT2D eigenvalue weighted by Crippen LogP contribution is 2.16. The van der Waals surface area contributed by atoms with Crippen molar-refractivity contribution in [3.63, 3.8) is 0 Å². The number of hydrogen-bond acceptors (Lipinski definition) is 5. The lowest BCUT2D eigenvalue weighted by Gasteiger charge is -2.06. The number of hydrogen-bond donors (Lipinski definition) is 1. The molecule has 3 aromatic rings. The zero-order valence-corrected chi connectivity index (χ0v) is 17.8. The third kappa shape index (κ3) is 6.02. The summed E-state index contributed by atoms with van der Waals surface area (Å²) in [6.07, 6.45) is 1.51. The fourth-order valence-corrected chi connectivity index (χ4v) is 2.74. The Balaban J connectivity index is 1.54. The predicted octanol–water partition coefficient (Wildman–Crippen LogP) is 4.83. The van der Waals surface area contributed by atoms with Crippen molar-refractivity contribution in [1.82, 2.24) is 5.43 Å². The number of carbonyl (C=O) groups excluding carboxylic acids is 2. The van der Waals surface area contributed by atoms with Crippen molar-refractivity contribution in [2.45, 2.75) is 6.92 Å². The van der Waals surface area contributed by atoms with Gasteiger partial charge in [-0.05, 0) is 85.3 Å². The molecule has 6 nitrogen and oxygen atoms in total. The summed E-state index contributed by atoms with van der Waals surface area (Å²) in [5, 5.41) is 3.95. The molecule has 0 aromatic heterocycles. The summed E-state index contributed by atoms with van der Waals surface area (Å²) in [6.45, 7) is 2.46. The molecule has 0 unspecified atom stereocenters. The molecule has 0 fully saturated rings. The van der Waals surface area contributed by atoms with Gasteiger partial charge in [0.25, 0.3) is 5.91 Å². The van der Waals surface area contributed by atoms with Crippen LogP contribution >= 0.6 is 15.9 Å². The molecule has 3 rings (SSSR count). The van der Waals surface area contributed by atoms with E-state index in [1.165, 1.54) is 6.21 Å². The van der Waals surface area contributed by atoms with Crippen molar-refractivity contribution in [3.8, 4) is 11.5 Å². The first-order valence-corrected chi connectivity index (χ1v) is 9.98. The van der Waals surface area contributed by atoms with E-state index in [0.29, 0.717) is 29.2 Å². The van der Waals surface area contributed by atoms with Gasteiger partial charge < -0.3 is 9.47 Å². The summed E-state index contributed by atoms with van der Waals surface area (Å²) < 4.78 is 11.6. The van der Waals surface area contributed by atoms with Gasteiger partial charge in [0, 0.05) is 10.0 Å². The first-order chi connectivity index (χ1) is 14.5. The monoisotopic (exact) mass is 466 g/mol.